The molecule has 2 aromatic rings. The van der Waals surface area contributed by atoms with Crippen molar-refractivity contribution >= 4 is 11.3 Å². The predicted molar refractivity (Wildman–Crippen MR) is 68.5 cm³/mol. The second kappa shape index (κ2) is 5.23. The van der Waals surface area contributed by atoms with E-state index in [0.29, 0.717) is 6.04 Å². The first-order valence-corrected chi connectivity index (χ1v) is 6.31. The third-order valence-electron chi connectivity index (χ3n) is 2.72. The van der Waals surface area contributed by atoms with Gasteiger partial charge in [-0.25, -0.2) is 0 Å². The van der Waals surface area contributed by atoms with E-state index in [4.69, 9.17) is 0 Å². The van der Waals surface area contributed by atoms with Crippen molar-refractivity contribution in [3.8, 4) is 0 Å². The summed E-state index contributed by atoms with van der Waals surface area (Å²) < 4.78 is 0. The molecule has 1 heterocycles. The molecule has 0 fully saturated rings. The van der Waals surface area contributed by atoms with Gasteiger partial charge in [0.1, 0.15) is 0 Å². The van der Waals surface area contributed by atoms with Gasteiger partial charge in [-0.3, -0.25) is 4.98 Å². The molecule has 0 aliphatic rings. The lowest BCUT2D eigenvalue weighted by Crippen LogP contribution is -2.18. The van der Waals surface area contributed by atoms with Crippen LogP contribution in [0.3, 0.4) is 0 Å². The van der Waals surface area contributed by atoms with Crippen molar-refractivity contribution in [3.63, 3.8) is 0 Å². The van der Waals surface area contributed by atoms with Gasteiger partial charge in [-0.1, -0.05) is 24.3 Å². The molecular formula is C13H16N2S. The fourth-order valence-electron chi connectivity index (χ4n) is 1.77. The molecule has 0 spiro atoms. The van der Waals surface area contributed by atoms with E-state index in [2.05, 4.69) is 48.4 Å². The molecule has 0 bridgehead atoms. The number of aromatic nitrogens is 1. The van der Waals surface area contributed by atoms with Gasteiger partial charge in [-0.2, -0.15) is 0 Å². The molecule has 1 atom stereocenters. The minimum atomic E-state index is 0.378. The van der Waals surface area contributed by atoms with Crippen LogP contribution < -0.4 is 5.32 Å². The van der Waals surface area contributed by atoms with Crippen molar-refractivity contribution in [3.05, 3.63) is 52.0 Å². The summed E-state index contributed by atoms with van der Waals surface area (Å²) in [4.78, 5) is 5.35. The maximum absolute atomic E-state index is 4.07. The van der Waals surface area contributed by atoms with Crippen LogP contribution in [0.15, 0.2) is 36.0 Å². The smallest absolute Gasteiger partial charge is 0.0794 e. The zero-order chi connectivity index (χ0) is 11.4. The van der Waals surface area contributed by atoms with Gasteiger partial charge in [0.25, 0.3) is 0 Å². The Bertz CT molecular complexity index is 437. The Morgan fingerprint density at radius 1 is 1.38 bits per heavy atom. The summed E-state index contributed by atoms with van der Waals surface area (Å²) in [7, 11) is 0. The average Bonchev–Trinajstić information content (AvgIpc) is 2.79. The molecule has 0 aliphatic carbocycles. The number of nitrogens with one attached hydrogen (secondary N) is 1. The minimum absolute atomic E-state index is 0.378. The number of benzene rings is 1. The van der Waals surface area contributed by atoms with Crippen molar-refractivity contribution in [2.24, 2.45) is 0 Å². The summed E-state index contributed by atoms with van der Waals surface area (Å²) in [5.74, 6) is 0. The lowest BCUT2D eigenvalue weighted by atomic mass is 10.0. The van der Waals surface area contributed by atoms with Crippen LogP contribution in [0.25, 0.3) is 0 Å². The van der Waals surface area contributed by atoms with Gasteiger partial charge in [-0.15, -0.1) is 11.3 Å². The second-order valence-electron chi connectivity index (χ2n) is 3.93. The molecule has 16 heavy (non-hydrogen) atoms. The third kappa shape index (κ3) is 2.68. The molecular weight excluding hydrogens is 216 g/mol. The van der Waals surface area contributed by atoms with Gasteiger partial charge < -0.3 is 5.32 Å². The van der Waals surface area contributed by atoms with Gasteiger partial charge in [-0.05, 0) is 25.0 Å². The van der Waals surface area contributed by atoms with Crippen molar-refractivity contribution < 1.29 is 0 Å². The number of thiazole rings is 1. The Labute approximate surface area is 100 Å². The average molecular weight is 232 g/mol. The van der Waals surface area contributed by atoms with Crippen LogP contribution in [0, 0.1) is 6.92 Å². The molecule has 2 nitrogen and oxygen atoms in total. The monoisotopic (exact) mass is 232 g/mol. The summed E-state index contributed by atoms with van der Waals surface area (Å²) in [6.07, 6.45) is 1.92. The third-order valence-corrected chi connectivity index (χ3v) is 3.50. The summed E-state index contributed by atoms with van der Waals surface area (Å²) >= 11 is 1.69. The Balaban J connectivity index is 1.98. The quantitative estimate of drug-likeness (QED) is 0.875. The van der Waals surface area contributed by atoms with E-state index >= 15 is 0 Å². The number of nitrogens with zero attached hydrogens (tertiary/aromatic N) is 1. The zero-order valence-corrected chi connectivity index (χ0v) is 10.4. The highest BCUT2D eigenvalue weighted by Crippen LogP contribution is 2.17. The molecule has 0 saturated heterocycles. The first-order valence-electron chi connectivity index (χ1n) is 5.43. The molecule has 0 aliphatic heterocycles. The van der Waals surface area contributed by atoms with Crippen LogP contribution in [0.4, 0.5) is 0 Å². The lowest BCUT2D eigenvalue weighted by molar-refractivity contribution is 0.576. The maximum Gasteiger partial charge on any atom is 0.0794 e. The van der Waals surface area contributed by atoms with Gasteiger partial charge >= 0.3 is 0 Å². The van der Waals surface area contributed by atoms with E-state index in [-0.39, 0.29) is 0 Å². The SMILES string of the molecule is Cc1ccccc1[C@H](C)NCc1cncs1. The van der Waals surface area contributed by atoms with Gasteiger partial charge in [0, 0.05) is 23.7 Å². The summed E-state index contributed by atoms with van der Waals surface area (Å²) in [5.41, 5.74) is 4.58. The minimum Gasteiger partial charge on any atom is -0.305 e. The number of hydrogen-bond acceptors (Lipinski definition) is 3. The molecule has 0 saturated carbocycles. The molecule has 2 rings (SSSR count). The highest BCUT2D eigenvalue weighted by atomic mass is 32.1. The van der Waals surface area contributed by atoms with Gasteiger partial charge in [0.15, 0.2) is 0 Å². The summed E-state index contributed by atoms with van der Waals surface area (Å²) in [5, 5.41) is 3.51. The Morgan fingerprint density at radius 3 is 2.88 bits per heavy atom. The molecule has 3 heteroatoms. The van der Waals surface area contributed by atoms with Crippen molar-refractivity contribution in [1.82, 2.24) is 10.3 Å². The van der Waals surface area contributed by atoms with Crippen molar-refractivity contribution in [2.45, 2.75) is 26.4 Å². The van der Waals surface area contributed by atoms with E-state index < -0.39 is 0 Å². The second-order valence-corrected chi connectivity index (χ2v) is 4.90. The van der Waals surface area contributed by atoms with Gasteiger partial charge in [0.05, 0.1) is 5.51 Å². The summed E-state index contributed by atoms with van der Waals surface area (Å²) in [6, 6.07) is 8.88. The Morgan fingerprint density at radius 2 is 2.19 bits per heavy atom. The van der Waals surface area contributed by atoms with Crippen LogP contribution in [0.1, 0.15) is 29.0 Å². The van der Waals surface area contributed by atoms with Crippen LogP contribution >= 0.6 is 11.3 Å². The molecule has 0 radical (unpaired) electrons. The van der Waals surface area contributed by atoms with E-state index in [1.807, 2.05) is 11.7 Å². The number of rotatable bonds is 4. The predicted octanol–water partition coefficient (Wildman–Crippen LogP) is 3.30. The van der Waals surface area contributed by atoms with Crippen LogP contribution in [0.5, 0.6) is 0 Å². The molecule has 0 unspecified atom stereocenters. The molecule has 1 N–H and O–H groups in total. The van der Waals surface area contributed by atoms with Crippen LogP contribution in [0.2, 0.25) is 0 Å². The first kappa shape index (κ1) is 11.3. The van der Waals surface area contributed by atoms with E-state index in [1.54, 1.807) is 11.3 Å². The maximum atomic E-state index is 4.07. The molecule has 1 aromatic carbocycles. The van der Waals surface area contributed by atoms with E-state index in [0.717, 1.165) is 6.54 Å². The first-order chi connectivity index (χ1) is 7.77. The van der Waals surface area contributed by atoms with Gasteiger partial charge in [0.2, 0.25) is 0 Å². The van der Waals surface area contributed by atoms with Crippen LogP contribution in [-0.4, -0.2) is 4.98 Å². The highest BCUT2D eigenvalue weighted by Gasteiger charge is 2.07. The fraction of sp³-hybridized carbons (Fsp3) is 0.308. The Hall–Kier alpha value is -1.19. The Kier molecular flexibility index (Phi) is 3.70. The van der Waals surface area contributed by atoms with Crippen molar-refractivity contribution in [2.75, 3.05) is 0 Å². The standard InChI is InChI=1S/C13H16N2S/c1-10-5-3-4-6-13(10)11(2)15-8-12-7-14-9-16-12/h3-7,9,11,15H,8H2,1-2H3/t11-/m0/s1. The molecule has 0 amide bonds. The summed E-state index contributed by atoms with van der Waals surface area (Å²) in [6.45, 7) is 5.24. The largest absolute Gasteiger partial charge is 0.305 e. The number of hydrogen-bond donors (Lipinski definition) is 1. The number of aryl methyl sites for hydroxylation is 1. The lowest BCUT2D eigenvalue weighted by Gasteiger charge is -2.15. The van der Waals surface area contributed by atoms with E-state index in [9.17, 15) is 0 Å². The van der Waals surface area contributed by atoms with Crippen molar-refractivity contribution in [1.29, 1.82) is 0 Å². The highest BCUT2D eigenvalue weighted by molar-refractivity contribution is 7.09. The fourth-order valence-corrected chi connectivity index (χ4v) is 2.31. The topological polar surface area (TPSA) is 24.9 Å². The molecule has 84 valence electrons. The van der Waals surface area contributed by atoms with E-state index in [1.165, 1.54) is 16.0 Å². The molecule has 1 aromatic heterocycles. The normalized spacial score (nSPS) is 12.6. The van der Waals surface area contributed by atoms with Crippen LogP contribution in [-0.2, 0) is 6.54 Å². The zero-order valence-electron chi connectivity index (χ0n) is 9.60.